The zero-order chi connectivity index (χ0) is 16.1. The van der Waals surface area contributed by atoms with Gasteiger partial charge in [0.15, 0.2) is 0 Å². The third-order valence-electron chi connectivity index (χ3n) is 3.11. The molecule has 0 atom stereocenters. The van der Waals surface area contributed by atoms with Crippen molar-refractivity contribution in [3.63, 3.8) is 0 Å². The van der Waals surface area contributed by atoms with Gasteiger partial charge in [0.25, 0.3) is 0 Å². The molecule has 23 heavy (non-hydrogen) atoms. The molecule has 3 rings (SSSR count). The summed E-state index contributed by atoms with van der Waals surface area (Å²) < 4.78 is 5.16. The maximum Gasteiger partial charge on any atom is 0.227 e. The SMILES string of the molecule is O=C(CCc1nc(-c2ccccc2Cl)no1)Nc1ccncc1. The van der Waals surface area contributed by atoms with Crippen LogP contribution < -0.4 is 5.32 Å². The van der Waals surface area contributed by atoms with Gasteiger partial charge < -0.3 is 9.84 Å². The van der Waals surface area contributed by atoms with E-state index in [4.69, 9.17) is 16.1 Å². The Balaban J connectivity index is 1.59. The van der Waals surface area contributed by atoms with Crippen LogP contribution in [0.25, 0.3) is 11.4 Å². The van der Waals surface area contributed by atoms with Gasteiger partial charge in [-0.3, -0.25) is 9.78 Å². The van der Waals surface area contributed by atoms with Crippen molar-refractivity contribution in [2.75, 3.05) is 5.32 Å². The van der Waals surface area contributed by atoms with Crippen LogP contribution in [0.2, 0.25) is 5.02 Å². The number of nitrogens with one attached hydrogen (secondary N) is 1. The van der Waals surface area contributed by atoms with Gasteiger partial charge in [0.2, 0.25) is 17.6 Å². The molecule has 1 N–H and O–H groups in total. The maximum atomic E-state index is 11.9. The van der Waals surface area contributed by atoms with E-state index >= 15 is 0 Å². The van der Waals surface area contributed by atoms with Crippen LogP contribution in [0.1, 0.15) is 12.3 Å². The largest absolute Gasteiger partial charge is 0.339 e. The van der Waals surface area contributed by atoms with Crippen molar-refractivity contribution >= 4 is 23.2 Å². The summed E-state index contributed by atoms with van der Waals surface area (Å²) in [4.78, 5) is 20.0. The van der Waals surface area contributed by atoms with Crippen LogP contribution in [-0.2, 0) is 11.2 Å². The monoisotopic (exact) mass is 328 g/mol. The van der Waals surface area contributed by atoms with Crippen molar-refractivity contribution in [2.45, 2.75) is 12.8 Å². The van der Waals surface area contributed by atoms with Crippen LogP contribution in [-0.4, -0.2) is 21.0 Å². The van der Waals surface area contributed by atoms with Crippen LogP contribution in [0.15, 0.2) is 53.3 Å². The highest BCUT2D eigenvalue weighted by molar-refractivity contribution is 6.33. The van der Waals surface area contributed by atoms with Gasteiger partial charge >= 0.3 is 0 Å². The molecule has 0 spiro atoms. The summed E-state index contributed by atoms with van der Waals surface area (Å²) in [7, 11) is 0. The fourth-order valence-corrected chi connectivity index (χ4v) is 2.21. The summed E-state index contributed by atoms with van der Waals surface area (Å²) in [5.74, 6) is 0.679. The summed E-state index contributed by atoms with van der Waals surface area (Å²) in [6.07, 6.45) is 3.83. The summed E-state index contributed by atoms with van der Waals surface area (Å²) in [5.41, 5.74) is 1.40. The third kappa shape index (κ3) is 3.92. The number of aromatic nitrogens is 3. The number of nitrogens with zero attached hydrogens (tertiary/aromatic N) is 3. The third-order valence-corrected chi connectivity index (χ3v) is 3.44. The molecule has 1 aromatic carbocycles. The van der Waals surface area contributed by atoms with Crippen molar-refractivity contribution in [2.24, 2.45) is 0 Å². The van der Waals surface area contributed by atoms with Crippen LogP contribution in [0.4, 0.5) is 5.69 Å². The Morgan fingerprint density at radius 1 is 1.17 bits per heavy atom. The average Bonchev–Trinajstić information content (AvgIpc) is 3.03. The molecule has 0 aliphatic rings. The van der Waals surface area contributed by atoms with E-state index in [1.807, 2.05) is 18.2 Å². The van der Waals surface area contributed by atoms with E-state index in [0.29, 0.717) is 34.4 Å². The molecule has 0 fully saturated rings. The Hall–Kier alpha value is -2.73. The Morgan fingerprint density at radius 3 is 2.74 bits per heavy atom. The van der Waals surface area contributed by atoms with Crippen molar-refractivity contribution in [3.8, 4) is 11.4 Å². The Kier molecular flexibility index (Phi) is 4.63. The van der Waals surface area contributed by atoms with Gasteiger partial charge in [0.05, 0.1) is 5.02 Å². The van der Waals surface area contributed by atoms with E-state index in [9.17, 15) is 4.79 Å². The molecular formula is C16H13ClN4O2. The molecule has 7 heteroatoms. The van der Waals surface area contributed by atoms with Gasteiger partial charge in [-0.15, -0.1) is 0 Å². The lowest BCUT2D eigenvalue weighted by molar-refractivity contribution is -0.116. The van der Waals surface area contributed by atoms with Crippen LogP contribution in [0.5, 0.6) is 0 Å². The van der Waals surface area contributed by atoms with Gasteiger partial charge in [0.1, 0.15) is 0 Å². The van der Waals surface area contributed by atoms with E-state index in [-0.39, 0.29) is 12.3 Å². The van der Waals surface area contributed by atoms with Crippen LogP contribution in [0.3, 0.4) is 0 Å². The minimum atomic E-state index is -0.131. The number of aryl methyl sites for hydroxylation is 1. The fraction of sp³-hybridized carbons (Fsp3) is 0.125. The van der Waals surface area contributed by atoms with Crippen molar-refractivity contribution < 1.29 is 9.32 Å². The van der Waals surface area contributed by atoms with Crippen LogP contribution >= 0.6 is 11.6 Å². The number of pyridine rings is 1. The Morgan fingerprint density at radius 2 is 1.96 bits per heavy atom. The number of amides is 1. The molecule has 0 saturated carbocycles. The zero-order valence-electron chi connectivity index (χ0n) is 12.1. The molecule has 6 nitrogen and oxygen atoms in total. The lowest BCUT2D eigenvalue weighted by Gasteiger charge is -2.02. The quantitative estimate of drug-likeness (QED) is 0.776. The highest BCUT2D eigenvalue weighted by Crippen LogP contribution is 2.25. The predicted molar refractivity (Wildman–Crippen MR) is 85.9 cm³/mol. The van der Waals surface area contributed by atoms with Gasteiger partial charge in [-0.1, -0.05) is 28.9 Å². The molecule has 1 amide bonds. The lowest BCUT2D eigenvalue weighted by atomic mass is 10.2. The standard InChI is InChI=1S/C16H13ClN4O2/c17-13-4-2-1-3-12(13)16-20-15(23-21-16)6-5-14(22)19-11-7-9-18-10-8-11/h1-4,7-10H,5-6H2,(H,18,19,22). The van der Waals surface area contributed by atoms with Crippen molar-refractivity contribution in [3.05, 3.63) is 59.7 Å². The second-order valence-corrected chi connectivity index (χ2v) is 5.18. The molecule has 116 valence electrons. The summed E-state index contributed by atoms with van der Waals surface area (Å²) in [6.45, 7) is 0. The first-order valence-corrected chi connectivity index (χ1v) is 7.37. The number of benzene rings is 1. The first kappa shape index (κ1) is 15.2. The number of rotatable bonds is 5. The van der Waals surface area contributed by atoms with Gasteiger partial charge in [0, 0.05) is 36.5 Å². The predicted octanol–water partition coefficient (Wildman–Crippen LogP) is 3.36. The average molecular weight is 329 g/mol. The van der Waals surface area contributed by atoms with E-state index in [1.54, 1.807) is 30.6 Å². The van der Waals surface area contributed by atoms with Crippen molar-refractivity contribution in [1.29, 1.82) is 0 Å². The first-order chi connectivity index (χ1) is 11.2. The number of carbonyl (C=O) groups is 1. The topological polar surface area (TPSA) is 80.9 Å². The molecule has 0 saturated heterocycles. The molecular weight excluding hydrogens is 316 g/mol. The summed E-state index contributed by atoms with van der Waals surface area (Å²) >= 11 is 6.09. The summed E-state index contributed by atoms with van der Waals surface area (Å²) in [5, 5.41) is 7.22. The van der Waals surface area contributed by atoms with E-state index < -0.39 is 0 Å². The second kappa shape index (κ2) is 7.02. The smallest absolute Gasteiger partial charge is 0.227 e. The highest BCUT2D eigenvalue weighted by atomic mass is 35.5. The number of halogens is 1. The van der Waals surface area contributed by atoms with E-state index in [0.717, 1.165) is 0 Å². The lowest BCUT2D eigenvalue weighted by Crippen LogP contribution is -2.12. The highest BCUT2D eigenvalue weighted by Gasteiger charge is 2.12. The molecule has 0 radical (unpaired) electrons. The number of carbonyl (C=O) groups excluding carboxylic acids is 1. The van der Waals surface area contributed by atoms with Gasteiger partial charge in [-0.05, 0) is 24.3 Å². The maximum absolute atomic E-state index is 11.9. The molecule has 0 aliphatic carbocycles. The number of hydrogen-bond acceptors (Lipinski definition) is 5. The number of hydrogen-bond donors (Lipinski definition) is 1. The minimum absolute atomic E-state index is 0.131. The van der Waals surface area contributed by atoms with E-state index in [1.165, 1.54) is 0 Å². The fourth-order valence-electron chi connectivity index (χ4n) is 1.99. The molecule has 2 heterocycles. The molecule has 0 unspecified atom stereocenters. The van der Waals surface area contributed by atoms with Crippen LogP contribution in [0, 0.1) is 0 Å². The van der Waals surface area contributed by atoms with Crippen molar-refractivity contribution in [1.82, 2.24) is 15.1 Å². The second-order valence-electron chi connectivity index (χ2n) is 4.78. The molecule has 0 aliphatic heterocycles. The number of anilines is 1. The molecule has 2 aromatic heterocycles. The first-order valence-electron chi connectivity index (χ1n) is 7.00. The Labute approximate surface area is 137 Å². The summed E-state index contributed by atoms with van der Waals surface area (Å²) in [6, 6.07) is 10.7. The van der Waals surface area contributed by atoms with Gasteiger partial charge in [-0.2, -0.15) is 4.98 Å². The minimum Gasteiger partial charge on any atom is -0.339 e. The zero-order valence-corrected chi connectivity index (χ0v) is 12.8. The Bertz CT molecular complexity index is 805. The molecule has 3 aromatic rings. The normalized spacial score (nSPS) is 10.5. The van der Waals surface area contributed by atoms with Gasteiger partial charge in [-0.25, -0.2) is 0 Å². The molecule has 0 bridgehead atoms. The van der Waals surface area contributed by atoms with E-state index in [2.05, 4.69) is 20.4 Å².